The summed E-state index contributed by atoms with van der Waals surface area (Å²) < 4.78 is 23.2. The second-order valence-corrected chi connectivity index (χ2v) is 24.3. The summed E-state index contributed by atoms with van der Waals surface area (Å²) in [5, 5.41) is 0.171. The number of carbonyl (C=O) groups excluding carboxylic acids is 2. The van der Waals surface area contributed by atoms with E-state index in [0.29, 0.717) is 70.1 Å². The minimum atomic E-state index is -0.485. The molecule has 2 aliphatic carbocycles. The van der Waals surface area contributed by atoms with Crippen LogP contribution in [0.15, 0.2) is 49.1 Å². The van der Waals surface area contributed by atoms with Gasteiger partial charge in [0.15, 0.2) is 5.82 Å². The monoisotopic (exact) mass is 1010 g/mol. The first-order valence-electron chi connectivity index (χ1n) is 25.7. The number of aromatic nitrogens is 6. The van der Waals surface area contributed by atoms with Gasteiger partial charge in [-0.25, -0.2) is 29.5 Å². The van der Waals surface area contributed by atoms with Crippen LogP contribution < -0.4 is 15.3 Å². The summed E-state index contributed by atoms with van der Waals surface area (Å²) in [6.07, 6.45) is 9.74. The molecule has 0 N–H and O–H groups in total. The third-order valence-electron chi connectivity index (χ3n) is 14.5. The molecule has 2 aromatic carbocycles. The number of hydrogen-bond donors (Lipinski definition) is 0. The first kappa shape index (κ1) is 54.6. The zero-order valence-corrected chi connectivity index (χ0v) is 46.2. The number of piperazine rings is 2. The van der Waals surface area contributed by atoms with Crippen LogP contribution in [0.1, 0.15) is 145 Å². The van der Waals surface area contributed by atoms with Gasteiger partial charge in [0.2, 0.25) is 17.2 Å². The van der Waals surface area contributed by atoms with Crippen molar-refractivity contribution in [2.45, 2.75) is 169 Å². The fraction of sp³-hybridized carbons (Fsp3) is 0.630. The molecule has 9 rings (SSSR count). The molecule has 18 heteroatoms. The molecule has 0 bridgehead atoms. The summed E-state index contributed by atoms with van der Waals surface area (Å²) >= 11 is 5.74. The van der Waals surface area contributed by atoms with Crippen molar-refractivity contribution in [1.82, 2.24) is 39.7 Å². The maximum absolute atomic E-state index is 12.3. The summed E-state index contributed by atoms with van der Waals surface area (Å²) in [7, 11) is -0.252. The van der Waals surface area contributed by atoms with Crippen molar-refractivity contribution < 1.29 is 28.4 Å². The number of ether oxygens (including phenoxy) is 2. The number of halogens is 1. The summed E-state index contributed by atoms with van der Waals surface area (Å²) in [6, 6.07) is 13.4. The fourth-order valence-electron chi connectivity index (χ4n) is 9.67. The quantitative estimate of drug-likeness (QED) is 0.178. The standard InChI is InChI=1S/C24H33N5O2.C18H27BO2.C12H18ClN5O2/c1-23(2,3)31-22(30)29-13-11-28(12-14-29)21-26-16-25-20(27-21)18-9-8-17-7-6-10-24(4,5)19(17)15-18;1-16(2)11-7-8-13-9-10-14(12-15(13)16)19-20-17(3,4)18(5,6)21-19;1-12(2,3)20-11(19)18-6-4-17(5-7-18)10-15-8-14-9(13)16-10/h8-9,15-16H,6-7,10-14H2,1-5H3;9-10,12H,7-8,11H2,1-6H3;8H,4-7H2,1-3H3. The lowest BCUT2D eigenvalue weighted by Crippen LogP contribution is -2.50. The first-order valence-corrected chi connectivity index (χ1v) is 26.1. The molecule has 390 valence electrons. The number of nitrogens with zero attached hydrogens (tertiary/aromatic N) is 10. The van der Waals surface area contributed by atoms with Crippen LogP contribution in [0.3, 0.4) is 0 Å². The van der Waals surface area contributed by atoms with Gasteiger partial charge < -0.3 is 38.4 Å². The highest BCUT2D eigenvalue weighted by molar-refractivity contribution is 6.62. The van der Waals surface area contributed by atoms with Crippen molar-refractivity contribution in [3.05, 3.63) is 76.6 Å². The normalized spacial score (nSPS) is 20.0. The van der Waals surface area contributed by atoms with Crippen LogP contribution in [0.2, 0.25) is 5.28 Å². The van der Waals surface area contributed by atoms with Crippen LogP contribution in [0.25, 0.3) is 11.4 Å². The molecule has 0 spiro atoms. The van der Waals surface area contributed by atoms with Gasteiger partial charge in [-0.2, -0.15) is 9.97 Å². The Balaban J connectivity index is 0.000000164. The molecule has 2 amide bonds. The van der Waals surface area contributed by atoms with E-state index < -0.39 is 11.2 Å². The Labute approximate surface area is 433 Å². The Bertz CT molecular complexity index is 2530. The predicted molar refractivity (Wildman–Crippen MR) is 284 cm³/mol. The maximum Gasteiger partial charge on any atom is 0.494 e. The van der Waals surface area contributed by atoms with E-state index in [1.807, 2.05) is 46.4 Å². The largest absolute Gasteiger partial charge is 0.494 e. The molecule has 0 saturated carbocycles. The maximum atomic E-state index is 12.3. The fourth-order valence-corrected chi connectivity index (χ4v) is 9.79. The molecule has 0 radical (unpaired) electrons. The van der Waals surface area contributed by atoms with Crippen LogP contribution in [0, 0.1) is 0 Å². The van der Waals surface area contributed by atoms with Crippen LogP contribution in [-0.4, -0.2) is 134 Å². The molecule has 5 heterocycles. The lowest BCUT2D eigenvalue weighted by atomic mass is 9.69. The van der Waals surface area contributed by atoms with Gasteiger partial charge in [0.25, 0.3) is 0 Å². The number of aryl methyl sites for hydroxylation is 2. The number of rotatable bonds is 4. The van der Waals surface area contributed by atoms with Gasteiger partial charge in [0.05, 0.1) is 11.2 Å². The first-order chi connectivity index (χ1) is 33.6. The second kappa shape index (κ2) is 21.4. The zero-order valence-electron chi connectivity index (χ0n) is 45.4. The number of anilines is 2. The Hall–Kier alpha value is -5.13. The molecular weight excluding hydrogens is 931 g/mol. The number of amides is 2. The molecule has 0 unspecified atom stereocenters. The van der Waals surface area contributed by atoms with Gasteiger partial charge in [-0.3, -0.25) is 0 Å². The van der Waals surface area contributed by atoms with E-state index in [1.165, 1.54) is 60.7 Å². The highest BCUT2D eigenvalue weighted by atomic mass is 35.5. The van der Waals surface area contributed by atoms with Gasteiger partial charge >= 0.3 is 19.3 Å². The third kappa shape index (κ3) is 13.5. The molecule has 0 atom stereocenters. The van der Waals surface area contributed by atoms with E-state index in [4.69, 9.17) is 35.4 Å². The number of fused-ring (bicyclic) bond motifs is 2. The average molecular weight is 1010 g/mol. The molecule has 72 heavy (non-hydrogen) atoms. The Kier molecular flexibility index (Phi) is 16.2. The second-order valence-electron chi connectivity index (χ2n) is 23.9. The van der Waals surface area contributed by atoms with E-state index in [0.717, 1.165) is 17.4 Å². The number of hydrogen-bond acceptors (Lipinski definition) is 14. The van der Waals surface area contributed by atoms with Gasteiger partial charge in [0.1, 0.15) is 23.9 Å². The molecule has 3 aliphatic heterocycles. The van der Waals surface area contributed by atoms with Crippen LogP contribution >= 0.6 is 11.6 Å². The van der Waals surface area contributed by atoms with Gasteiger partial charge in [-0.1, -0.05) is 58.0 Å². The number of carbonyl (C=O) groups is 2. The average Bonchev–Trinajstić information content (AvgIpc) is 3.53. The van der Waals surface area contributed by atoms with Crippen molar-refractivity contribution in [3.8, 4) is 11.4 Å². The van der Waals surface area contributed by atoms with E-state index >= 15 is 0 Å². The highest BCUT2D eigenvalue weighted by Gasteiger charge is 2.52. The number of benzene rings is 2. The molecule has 16 nitrogen and oxygen atoms in total. The van der Waals surface area contributed by atoms with Crippen molar-refractivity contribution in [2.75, 3.05) is 62.2 Å². The third-order valence-corrected chi connectivity index (χ3v) is 14.7. The summed E-state index contributed by atoms with van der Waals surface area (Å²) in [6.45, 7) is 33.9. The SMILES string of the molecule is CC(C)(C)OC(=O)N1CCN(c2ncnc(-c3ccc4c(c3)C(C)(C)CCC4)n2)CC1.CC(C)(C)OC(=O)N1CCN(c2ncnc(Cl)n2)CC1.CC1(C)CCCc2ccc(B3OC(C)(C)C(C)(C)O3)cc21. The summed E-state index contributed by atoms with van der Waals surface area (Å²) in [5.41, 5.74) is 6.92. The Morgan fingerprint density at radius 3 is 1.51 bits per heavy atom. The zero-order chi connectivity index (χ0) is 52.4. The summed E-state index contributed by atoms with van der Waals surface area (Å²) in [4.78, 5) is 57.3. The molecule has 3 fully saturated rings. The predicted octanol–water partition coefficient (Wildman–Crippen LogP) is 9.39. The molecule has 5 aliphatic rings. The van der Waals surface area contributed by atoms with Crippen molar-refractivity contribution >= 4 is 48.3 Å². The molecule has 4 aromatic rings. The van der Waals surface area contributed by atoms with Crippen molar-refractivity contribution in [1.29, 1.82) is 0 Å². The minimum Gasteiger partial charge on any atom is -0.444 e. The molecule has 3 saturated heterocycles. The topological polar surface area (TPSA) is 161 Å². The van der Waals surface area contributed by atoms with Crippen LogP contribution in [0.4, 0.5) is 21.5 Å². The van der Waals surface area contributed by atoms with Crippen molar-refractivity contribution in [2.24, 2.45) is 0 Å². The van der Waals surface area contributed by atoms with Crippen LogP contribution in [0.5, 0.6) is 0 Å². The van der Waals surface area contributed by atoms with Crippen LogP contribution in [-0.2, 0) is 42.5 Å². The Morgan fingerprint density at radius 2 is 1.04 bits per heavy atom. The lowest BCUT2D eigenvalue weighted by molar-refractivity contribution is 0.00578. The van der Waals surface area contributed by atoms with Gasteiger partial charge in [-0.15, -0.1) is 0 Å². The molecule has 2 aromatic heterocycles. The van der Waals surface area contributed by atoms with Gasteiger partial charge in [0, 0.05) is 57.9 Å². The van der Waals surface area contributed by atoms with Crippen molar-refractivity contribution in [3.63, 3.8) is 0 Å². The van der Waals surface area contributed by atoms with E-state index in [1.54, 1.807) is 16.1 Å². The molecular formula is C54H78BClN10O6. The minimum absolute atomic E-state index is 0.171. The lowest BCUT2D eigenvalue weighted by Gasteiger charge is -2.35. The van der Waals surface area contributed by atoms with Gasteiger partial charge in [-0.05, 0) is 164 Å². The van der Waals surface area contributed by atoms with E-state index in [9.17, 15) is 9.59 Å². The smallest absolute Gasteiger partial charge is 0.444 e. The summed E-state index contributed by atoms with van der Waals surface area (Å²) in [5.74, 6) is 1.89. The van der Waals surface area contributed by atoms with E-state index in [2.05, 4.69) is 122 Å². The highest BCUT2D eigenvalue weighted by Crippen LogP contribution is 2.40. The van der Waals surface area contributed by atoms with E-state index in [-0.39, 0.29) is 46.6 Å². The Morgan fingerprint density at radius 1 is 0.597 bits per heavy atom.